The van der Waals surface area contributed by atoms with Crippen LogP contribution >= 0.6 is 0 Å². The van der Waals surface area contributed by atoms with Gasteiger partial charge in [-0.2, -0.15) is 0 Å². The number of hydrogen-bond acceptors (Lipinski definition) is 3. The van der Waals surface area contributed by atoms with E-state index < -0.39 is 5.97 Å². The van der Waals surface area contributed by atoms with Crippen LogP contribution < -0.4 is 4.90 Å². The van der Waals surface area contributed by atoms with Crippen molar-refractivity contribution in [2.45, 2.75) is 44.9 Å². The van der Waals surface area contributed by atoms with E-state index in [1.165, 1.54) is 32.7 Å². The molecule has 2 aliphatic heterocycles. The molecular formula is C38H36N2O2. The molecule has 4 nitrogen and oxygen atoms in total. The molecule has 0 amide bonds. The summed E-state index contributed by atoms with van der Waals surface area (Å²) in [4.78, 5) is 18.6. The average molecular weight is 553 g/mol. The van der Waals surface area contributed by atoms with E-state index in [1.54, 1.807) is 0 Å². The second-order valence-electron chi connectivity index (χ2n) is 12.1. The van der Waals surface area contributed by atoms with Gasteiger partial charge in [0.2, 0.25) is 0 Å². The van der Waals surface area contributed by atoms with Gasteiger partial charge in [-0.1, -0.05) is 119 Å². The zero-order chi connectivity index (χ0) is 29.5. The van der Waals surface area contributed by atoms with Crippen LogP contribution in [0, 0.1) is 0 Å². The second-order valence-corrected chi connectivity index (χ2v) is 12.1. The van der Waals surface area contributed by atoms with Gasteiger partial charge in [0.1, 0.15) is 0 Å². The zero-order valence-corrected chi connectivity index (χ0v) is 24.6. The number of carboxylic acid groups (broad SMARTS) is 1. The third-order valence-electron chi connectivity index (χ3n) is 8.67. The summed E-state index contributed by atoms with van der Waals surface area (Å²) in [5.41, 5.74) is 6.38. The fraction of sp³-hybridized carbons (Fsp3) is 0.211. The van der Waals surface area contributed by atoms with Crippen LogP contribution in [0.2, 0.25) is 0 Å². The Bertz CT molecular complexity index is 1870. The highest BCUT2D eigenvalue weighted by molar-refractivity contribution is 6.12. The lowest BCUT2D eigenvalue weighted by atomic mass is 9.79. The van der Waals surface area contributed by atoms with E-state index in [2.05, 4.69) is 118 Å². The monoisotopic (exact) mass is 552 g/mol. The Hall–Kier alpha value is -4.70. The number of carbonyl (C=O) groups is 1. The van der Waals surface area contributed by atoms with E-state index in [9.17, 15) is 9.90 Å². The van der Waals surface area contributed by atoms with Crippen LogP contribution in [0.3, 0.4) is 0 Å². The van der Waals surface area contributed by atoms with E-state index in [4.69, 9.17) is 4.99 Å². The van der Waals surface area contributed by atoms with Crippen LogP contribution in [0.5, 0.6) is 0 Å². The number of nitrogens with zero attached hydrogens (tertiary/aromatic N) is 2. The SMILES string of the molecule is CC1(C)C(/C=C/C=C/C=C/C=C2/N(CCC(=O)O)c3ccc4ccccc4c3C2(C)C)=Nc2ccc3ccccc3c21. The molecule has 4 aromatic rings. The largest absolute Gasteiger partial charge is 0.481 e. The van der Waals surface area contributed by atoms with E-state index >= 15 is 0 Å². The lowest BCUT2D eigenvalue weighted by Crippen LogP contribution is -2.28. The molecule has 0 atom stereocenters. The first-order chi connectivity index (χ1) is 20.2. The summed E-state index contributed by atoms with van der Waals surface area (Å²) in [7, 11) is 0. The number of anilines is 1. The minimum atomic E-state index is -0.794. The molecule has 6 rings (SSSR count). The van der Waals surface area contributed by atoms with Gasteiger partial charge in [-0.25, -0.2) is 0 Å². The summed E-state index contributed by atoms with van der Waals surface area (Å²) in [6, 6.07) is 25.5. The fourth-order valence-electron chi connectivity index (χ4n) is 6.62. The summed E-state index contributed by atoms with van der Waals surface area (Å²) >= 11 is 0. The summed E-state index contributed by atoms with van der Waals surface area (Å²) in [6.07, 6.45) is 14.5. The molecule has 0 aliphatic carbocycles. The highest BCUT2D eigenvalue weighted by Crippen LogP contribution is 2.50. The third kappa shape index (κ3) is 4.67. The molecule has 2 aliphatic rings. The van der Waals surface area contributed by atoms with E-state index in [0.29, 0.717) is 6.54 Å². The van der Waals surface area contributed by atoms with Gasteiger partial charge < -0.3 is 10.0 Å². The normalized spacial score (nSPS) is 18.1. The lowest BCUT2D eigenvalue weighted by Gasteiger charge is -2.26. The van der Waals surface area contributed by atoms with Gasteiger partial charge in [-0.15, -0.1) is 0 Å². The first-order valence-electron chi connectivity index (χ1n) is 14.5. The van der Waals surface area contributed by atoms with Gasteiger partial charge >= 0.3 is 5.97 Å². The van der Waals surface area contributed by atoms with E-state index in [-0.39, 0.29) is 17.3 Å². The Morgan fingerprint density at radius 1 is 0.762 bits per heavy atom. The Kier molecular flexibility index (Phi) is 6.94. The number of aliphatic imine (C=N–C) groups is 1. The number of aliphatic carboxylic acids is 1. The molecule has 4 aromatic carbocycles. The lowest BCUT2D eigenvalue weighted by molar-refractivity contribution is -0.136. The minimum absolute atomic E-state index is 0.0774. The Morgan fingerprint density at radius 3 is 2.10 bits per heavy atom. The predicted molar refractivity (Wildman–Crippen MR) is 176 cm³/mol. The van der Waals surface area contributed by atoms with Crippen LogP contribution in [-0.2, 0) is 15.6 Å². The Labute approximate surface area is 247 Å². The van der Waals surface area contributed by atoms with Crippen molar-refractivity contribution in [3.05, 3.63) is 132 Å². The molecule has 0 bridgehead atoms. The van der Waals surface area contributed by atoms with Crippen molar-refractivity contribution in [3.63, 3.8) is 0 Å². The third-order valence-corrected chi connectivity index (χ3v) is 8.67. The highest BCUT2D eigenvalue weighted by Gasteiger charge is 2.41. The maximum absolute atomic E-state index is 11.5. The maximum Gasteiger partial charge on any atom is 0.305 e. The summed E-state index contributed by atoms with van der Waals surface area (Å²) < 4.78 is 0. The Balaban J connectivity index is 1.22. The highest BCUT2D eigenvalue weighted by atomic mass is 16.4. The van der Waals surface area contributed by atoms with Crippen molar-refractivity contribution in [2.75, 3.05) is 11.4 Å². The minimum Gasteiger partial charge on any atom is -0.481 e. The van der Waals surface area contributed by atoms with Crippen LogP contribution in [0.1, 0.15) is 45.2 Å². The Morgan fingerprint density at radius 2 is 1.38 bits per heavy atom. The maximum atomic E-state index is 11.5. The summed E-state index contributed by atoms with van der Waals surface area (Å²) in [5.74, 6) is -0.794. The van der Waals surface area contributed by atoms with Gasteiger partial charge in [-0.05, 0) is 57.0 Å². The zero-order valence-electron chi connectivity index (χ0n) is 24.6. The number of benzene rings is 4. The molecule has 0 saturated heterocycles. The van der Waals surface area contributed by atoms with E-state index in [0.717, 1.165) is 22.8 Å². The molecule has 2 heterocycles. The first kappa shape index (κ1) is 27.5. The fourth-order valence-corrected chi connectivity index (χ4v) is 6.62. The van der Waals surface area contributed by atoms with Crippen molar-refractivity contribution in [3.8, 4) is 0 Å². The topological polar surface area (TPSA) is 52.9 Å². The molecule has 0 saturated carbocycles. The van der Waals surface area contributed by atoms with Crippen molar-refractivity contribution < 1.29 is 9.90 Å². The second kappa shape index (κ2) is 10.6. The molecule has 0 unspecified atom stereocenters. The van der Waals surface area contributed by atoms with Crippen molar-refractivity contribution in [2.24, 2.45) is 4.99 Å². The molecule has 0 aromatic heterocycles. The number of rotatable bonds is 7. The predicted octanol–water partition coefficient (Wildman–Crippen LogP) is 9.18. The number of allylic oxidation sites excluding steroid dienone is 8. The smallest absolute Gasteiger partial charge is 0.305 e. The molecule has 4 heteroatoms. The van der Waals surface area contributed by atoms with Gasteiger partial charge in [0.25, 0.3) is 0 Å². The van der Waals surface area contributed by atoms with Gasteiger partial charge in [-0.3, -0.25) is 9.79 Å². The van der Waals surface area contributed by atoms with Crippen LogP contribution in [0.15, 0.2) is 126 Å². The molecule has 0 radical (unpaired) electrons. The number of hydrogen-bond donors (Lipinski definition) is 1. The summed E-state index contributed by atoms with van der Waals surface area (Å²) in [5, 5.41) is 14.3. The average Bonchev–Trinajstić information content (AvgIpc) is 3.36. The number of carboxylic acids is 1. The van der Waals surface area contributed by atoms with Crippen LogP contribution in [-0.4, -0.2) is 23.3 Å². The molecule has 210 valence electrons. The summed E-state index contributed by atoms with van der Waals surface area (Å²) in [6.45, 7) is 9.36. The molecule has 42 heavy (non-hydrogen) atoms. The first-order valence-corrected chi connectivity index (χ1v) is 14.5. The van der Waals surface area contributed by atoms with Crippen molar-refractivity contribution in [1.29, 1.82) is 0 Å². The molecule has 0 spiro atoms. The van der Waals surface area contributed by atoms with E-state index in [1.807, 2.05) is 30.4 Å². The van der Waals surface area contributed by atoms with Gasteiger partial charge in [0, 0.05) is 28.8 Å². The molecular weight excluding hydrogens is 516 g/mol. The van der Waals surface area contributed by atoms with Gasteiger partial charge in [0.05, 0.1) is 17.8 Å². The van der Waals surface area contributed by atoms with Crippen LogP contribution in [0.4, 0.5) is 11.4 Å². The molecule has 0 fully saturated rings. The standard InChI is InChI=1S/C38H36N2O2/c1-37(2)32(39-30-22-20-26-14-10-12-16-28(26)35(30)37)18-8-6-5-7-9-19-33-38(3,4)36-29-17-13-11-15-27(29)21-23-31(36)40(33)25-24-34(41)42/h5-23H,24-25H2,1-4H3,(H,41,42)/b6-5+,9-7+,18-8+,33-19+. The van der Waals surface area contributed by atoms with Gasteiger partial charge in [0.15, 0.2) is 0 Å². The number of fused-ring (bicyclic) bond motifs is 6. The van der Waals surface area contributed by atoms with Crippen molar-refractivity contribution >= 4 is 44.6 Å². The quantitative estimate of drug-likeness (QED) is 0.233. The van der Waals surface area contributed by atoms with Crippen molar-refractivity contribution in [1.82, 2.24) is 0 Å². The van der Waals surface area contributed by atoms with Crippen LogP contribution in [0.25, 0.3) is 21.5 Å². The molecule has 1 N–H and O–H groups in total.